The number of aliphatic hydroxyl groups is 1. The number of benzene rings is 1. The molecule has 2 aromatic rings. The summed E-state index contributed by atoms with van der Waals surface area (Å²) in [5.41, 5.74) is 2.11. The van der Waals surface area contributed by atoms with Crippen molar-refractivity contribution in [1.29, 1.82) is 0 Å². The molecule has 3 nitrogen and oxygen atoms in total. The molecule has 1 aliphatic rings. The largest absolute Gasteiger partial charge is 0.381 e. The zero-order valence-electron chi connectivity index (χ0n) is 11.7. The summed E-state index contributed by atoms with van der Waals surface area (Å²) in [4.78, 5) is 8.46. The number of nitrogens with zero attached hydrogens (tertiary/aromatic N) is 2. The summed E-state index contributed by atoms with van der Waals surface area (Å²) >= 11 is 1.67. The van der Waals surface area contributed by atoms with Crippen molar-refractivity contribution in [3.63, 3.8) is 0 Å². The summed E-state index contributed by atoms with van der Waals surface area (Å²) in [6.07, 6.45) is 1.60. The second-order valence-corrected chi connectivity index (χ2v) is 6.38. The average molecular weight is 288 g/mol. The Balaban J connectivity index is 1.80. The van der Waals surface area contributed by atoms with Gasteiger partial charge in [-0.15, -0.1) is 11.3 Å². The molecule has 0 spiro atoms. The van der Waals surface area contributed by atoms with Crippen molar-refractivity contribution < 1.29 is 5.11 Å². The lowest BCUT2D eigenvalue weighted by Gasteiger charge is -2.25. The number of aromatic nitrogens is 1. The topological polar surface area (TPSA) is 36.4 Å². The molecule has 0 bridgehead atoms. The summed E-state index contributed by atoms with van der Waals surface area (Å²) in [5.74, 6) is 0. The van der Waals surface area contributed by atoms with Gasteiger partial charge in [-0.3, -0.25) is 4.90 Å². The van der Waals surface area contributed by atoms with Gasteiger partial charge in [0.1, 0.15) is 11.1 Å². The van der Waals surface area contributed by atoms with E-state index in [4.69, 9.17) is 0 Å². The fourth-order valence-corrected chi connectivity index (χ4v) is 3.84. The lowest BCUT2D eigenvalue weighted by atomic mass is 10.1. The molecule has 1 aliphatic heterocycles. The van der Waals surface area contributed by atoms with Gasteiger partial charge in [0, 0.05) is 24.4 Å². The third-order valence-corrected chi connectivity index (χ3v) is 4.85. The maximum absolute atomic E-state index is 10.4. The highest BCUT2D eigenvalue weighted by molar-refractivity contribution is 7.11. The zero-order valence-corrected chi connectivity index (χ0v) is 12.6. The second kappa shape index (κ2) is 6.04. The molecule has 1 aromatic heterocycles. The van der Waals surface area contributed by atoms with Crippen LogP contribution in [0.25, 0.3) is 0 Å². The molecule has 0 radical (unpaired) electrons. The van der Waals surface area contributed by atoms with E-state index in [2.05, 4.69) is 16.8 Å². The van der Waals surface area contributed by atoms with Crippen LogP contribution in [0.15, 0.2) is 30.3 Å². The Morgan fingerprint density at radius 3 is 2.90 bits per heavy atom. The Labute approximate surface area is 123 Å². The normalized spacial score (nSPS) is 16.9. The highest BCUT2D eigenvalue weighted by Crippen LogP contribution is 2.31. The van der Waals surface area contributed by atoms with Crippen molar-refractivity contribution in [2.24, 2.45) is 0 Å². The van der Waals surface area contributed by atoms with Crippen LogP contribution in [-0.4, -0.2) is 28.1 Å². The fourth-order valence-electron chi connectivity index (χ4n) is 2.67. The second-order valence-electron chi connectivity index (χ2n) is 5.26. The molecule has 1 atom stereocenters. The predicted octanol–water partition coefficient (Wildman–Crippen LogP) is 2.99. The van der Waals surface area contributed by atoms with Gasteiger partial charge in [0.05, 0.1) is 5.69 Å². The van der Waals surface area contributed by atoms with Crippen LogP contribution in [0.2, 0.25) is 0 Å². The van der Waals surface area contributed by atoms with Crippen molar-refractivity contribution >= 4 is 11.3 Å². The van der Waals surface area contributed by atoms with E-state index in [0.29, 0.717) is 0 Å². The van der Waals surface area contributed by atoms with Crippen LogP contribution in [-0.2, 0) is 13.0 Å². The van der Waals surface area contributed by atoms with E-state index in [1.807, 2.05) is 30.3 Å². The van der Waals surface area contributed by atoms with Crippen LogP contribution >= 0.6 is 11.3 Å². The number of hydrogen-bond acceptors (Lipinski definition) is 4. The summed E-state index contributed by atoms with van der Waals surface area (Å²) in [6, 6.07) is 9.78. The Bertz CT molecular complexity index is 567. The van der Waals surface area contributed by atoms with Gasteiger partial charge in [0.15, 0.2) is 0 Å². The van der Waals surface area contributed by atoms with Gasteiger partial charge in [0.2, 0.25) is 0 Å². The number of aliphatic hydroxyl groups excluding tert-OH is 1. The van der Waals surface area contributed by atoms with Crippen LogP contribution in [0.4, 0.5) is 0 Å². The zero-order chi connectivity index (χ0) is 13.9. The number of rotatable bonds is 4. The molecule has 0 amide bonds. The molecule has 0 saturated heterocycles. The summed E-state index contributed by atoms with van der Waals surface area (Å²) < 4.78 is 0. The Kier molecular flexibility index (Phi) is 4.15. The first-order valence-electron chi connectivity index (χ1n) is 7.21. The number of fused-ring (bicyclic) bond motifs is 1. The molecular formula is C16H20N2OS. The van der Waals surface area contributed by atoms with E-state index in [0.717, 1.165) is 36.6 Å². The van der Waals surface area contributed by atoms with Crippen molar-refractivity contribution in [3.05, 3.63) is 51.5 Å². The van der Waals surface area contributed by atoms with Crippen LogP contribution in [0, 0.1) is 0 Å². The van der Waals surface area contributed by atoms with Crippen molar-refractivity contribution in [2.45, 2.75) is 32.4 Å². The van der Waals surface area contributed by atoms with Gasteiger partial charge in [-0.25, -0.2) is 4.98 Å². The smallest absolute Gasteiger partial charge is 0.131 e. The molecule has 0 saturated carbocycles. The van der Waals surface area contributed by atoms with Crippen LogP contribution in [0.5, 0.6) is 0 Å². The number of hydrogen-bond donors (Lipinski definition) is 1. The average Bonchev–Trinajstić information content (AvgIpc) is 2.91. The molecule has 20 heavy (non-hydrogen) atoms. The van der Waals surface area contributed by atoms with E-state index >= 15 is 0 Å². The standard InChI is InChI=1S/C16H20N2OS/c1-2-9-18-10-8-13-14(11-18)20-16(17-13)15(19)12-6-4-3-5-7-12/h3-7,15,19H,2,8-11H2,1H3. The minimum atomic E-state index is -0.591. The molecule has 1 unspecified atom stereocenters. The Morgan fingerprint density at radius 2 is 2.15 bits per heavy atom. The van der Waals surface area contributed by atoms with Crippen LogP contribution in [0.3, 0.4) is 0 Å². The van der Waals surface area contributed by atoms with Gasteiger partial charge in [0.25, 0.3) is 0 Å². The van der Waals surface area contributed by atoms with E-state index < -0.39 is 6.10 Å². The van der Waals surface area contributed by atoms with E-state index in [1.165, 1.54) is 17.0 Å². The third kappa shape index (κ3) is 2.77. The number of thiazole rings is 1. The minimum Gasteiger partial charge on any atom is -0.381 e. The van der Waals surface area contributed by atoms with Gasteiger partial charge in [-0.2, -0.15) is 0 Å². The molecular weight excluding hydrogens is 268 g/mol. The summed E-state index contributed by atoms with van der Waals surface area (Å²) in [5, 5.41) is 11.3. The van der Waals surface area contributed by atoms with Gasteiger partial charge < -0.3 is 5.11 Å². The lowest BCUT2D eigenvalue weighted by molar-refractivity contribution is 0.219. The maximum atomic E-state index is 10.4. The monoisotopic (exact) mass is 288 g/mol. The third-order valence-electron chi connectivity index (χ3n) is 3.72. The Morgan fingerprint density at radius 1 is 1.35 bits per heavy atom. The van der Waals surface area contributed by atoms with Crippen LogP contribution < -0.4 is 0 Å². The fraction of sp³-hybridized carbons (Fsp3) is 0.438. The quantitative estimate of drug-likeness (QED) is 0.939. The first-order valence-corrected chi connectivity index (χ1v) is 8.03. The molecule has 0 fully saturated rings. The van der Waals surface area contributed by atoms with Crippen molar-refractivity contribution in [1.82, 2.24) is 9.88 Å². The maximum Gasteiger partial charge on any atom is 0.131 e. The van der Waals surface area contributed by atoms with E-state index in [1.54, 1.807) is 11.3 Å². The van der Waals surface area contributed by atoms with Gasteiger partial charge in [-0.05, 0) is 18.5 Å². The minimum absolute atomic E-state index is 0.591. The van der Waals surface area contributed by atoms with Crippen molar-refractivity contribution in [2.75, 3.05) is 13.1 Å². The molecule has 4 heteroatoms. The molecule has 106 valence electrons. The molecule has 3 rings (SSSR count). The first kappa shape index (κ1) is 13.7. The van der Waals surface area contributed by atoms with Crippen LogP contribution in [0.1, 0.15) is 40.6 Å². The highest BCUT2D eigenvalue weighted by atomic mass is 32.1. The van der Waals surface area contributed by atoms with Crippen molar-refractivity contribution in [3.8, 4) is 0 Å². The highest BCUT2D eigenvalue weighted by Gasteiger charge is 2.23. The molecule has 0 aliphatic carbocycles. The lowest BCUT2D eigenvalue weighted by Crippen LogP contribution is -2.30. The predicted molar refractivity (Wildman–Crippen MR) is 81.9 cm³/mol. The van der Waals surface area contributed by atoms with E-state index in [-0.39, 0.29) is 0 Å². The van der Waals surface area contributed by atoms with Gasteiger partial charge >= 0.3 is 0 Å². The first-order chi connectivity index (χ1) is 9.78. The Hall–Kier alpha value is -1.23. The summed E-state index contributed by atoms with van der Waals surface area (Å²) in [6.45, 7) is 5.44. The molecule has 1 aromatic carbocycles. The summed E-state index contributed by atoms with van der Waals surface area (Å²) in [7, 11) is 0. The molecule has 2 heterocycles. The van der Waals surface area contributed by atoms with E-state index in [9.17, 15) is 5.11 Å². The SMILES string of the molecule is CCCN1CCc2nc(C(O)c3ccccc3)sc2C1. The molecule has 1 N–H and O–H groups in total. The van der Waals surface area contributed by atoms with Gasteiger partial charge in [-0.1, -0.05) is 37.3 Å².